The highest BCUT2D eigenvalue weighted by Gasteiger charge is 2.31. The van der Waals surface area contributed by atoms with Gasteiger partial charge in [0.05, 0.1) is 11.4 Å². The van der Waals surface area contributed by atoms with Crippen molar-refractivity contribution in [1.29, 1.82) is 0 Å². The molecular formula is C16H17FN2O3S. The molecule has 1 aromatic heterocycles. The van der Waals surface area contributed by atoms with Crippen LogP contribution in [0.4, 0.5) is 4.39 Å². The van der Waals surface area contributed by atoms with E-state index >= 15 is 0 Å². The summed E-state index contributed by atoms with van der Waals surface area (Å²) in [4.78, 5) is 3.89. The maximum atomic E-state index is 13.3. The topological polar surface area (TPSA) is 59.5 Å². The lowest BCUT2D eigenvalue weighted by molar-refractivity contribution is 0.129. The van der Waals surface area contributed by atoms with Crippen LogP contribution >= 0.6 is 0 Å². The molecule has 7 heteroatoms. The quantitative estimate of drug-likeness (QED) is 0.860. The molecule has 5 nitrogen and oxygen atoms in total. The Kier molecular flexibility index (Phi) is 4.58. The van der Waals surface area contributed by atoms with Gasteiger partial charge in [-0.05, 0) is 43.2 Å². The minimum absolute atomic E-state index is 0.0259. The van der Waals surface area contributed by atoms with Crippen molar-refractivity contribution < 1.29 is 17.5 Å². The van der Waals surface area contributed by atoms with Crippen molar-refractivity contribution in [3.05, 3.63) is 54.6 Å². The van der Waals surface area contributed by atoms with Crippen LogP contribution in [0.15, 0.2) is 53.7 Å². The molecule has 0 saturated carbocycles. The highest BCUT2D eigenvalue weighted by Crippen LogP contribution is 2.23. The van der Waals surface area contributed by atoms with E-state index in [0.717, 1.165) is 12.5 Å². The standard InChI is InChI=1S/C16H17FN2O3S/c17-13-3-1-5-16(11-13)23(20,21)19-10-2-4-15(12-19)22-14-6-8-18-9-7-14/h1,3,5-9,11,15H,2,4,10,12H2/t15-/m1/s1. The van der Waals surface area contributed by atoms with Gasteiger partial charge in [0.1, 0.15) is 17.7 Å². The third-order valence-electron chi connectivity index (χ3n) is 3.73. The van der Waals surface area contributed by atoms with Crippen LogP contribution in [0.5, 0.6) is 5.75 Å². The van der Waals surface area contributed by atoms with Gasteiger partial charge in [0.2, 0.25) is 10.0 Å². The summed E-state index contributed by atoms with van der Waals surface area (Å²) in [5.74, 6) is 0.0997. The summed E-state index contributed by atoms with van der Waals surface area (Å²) >= 11 is 0. The van der Waals surface area contributed by atoms with Gasteiger partial charge >= 0.3 is 0 Å². The van der Waals surface area contributed by atoms with E-state index in [9.17, 15) is 12.8 Å². The summed E-state index contributed by atoms with van der Waals surface area (Å²) < 4.78 is 45.8. The van der Waals surface area contributed by atoms with Crippen molar-refractivity contribution in [2.45, 2.75) is 23.8 Å². The molecule has 0 unspecified atom stereocenters. The zero-order valence-electron chi connectivity index (χ0n) is 12.4. The number of rotatable bonds is 4. The molecule has 0 amide bonds. The number of halogens is 1. The average molecular weight is 336 g/mol. The maximum Gasteiger partial charge on any atom is 0.243 e. The van der Waals surface area contributed by atoms with Crippen LogP contribution in [0.25, 0.3) is 0 Å². The SMILES string of the molecule is O=S(=O)(c1cccc(F)c1)N1CCC[C@@H](Oc2ccncc2)C1. The van der Waals surface area contributed by atoms with Gasteiger partial charge in [-0.3, -0.25) is 4.98 Å². The molecule has 0 bridgehead atoms. The van der Waals surface area contributed by atoms with Gasteiger partial charge in [0.15, 0.2) is 0 Å². The highest BCUT2D eigenvalue weighted by molar-refractivity contribution is 7.89. The fraction of sp³-hybridized carbons (Fsp3) is 0.312. The van der Waals surface area contributed by atoms with Crippen LogP contribution in [0.1, 0.15) is 12.8 Å². The number of pyridine rings is 1. The van der Waals surface area contributed by atoms with Gasteiger partial charge < -0.3 is 4.74 Å². The summed E-state index contributed by atoms with van der Waals surface area (Å²) in [6.45, 7) is 0.663. The maximum absolute atomic E-state index is 13.3. The van der Waals surface area contributed by atoms with Crippen LogP contribution in [-0.2, 0) is 10.0 Å². The van der Waals surface area contributed by atoms with Gasteiger partial charge in [-0.2, -0.15) is 4.31 Å². The van der Waals surface area contributed by atoms with E-state index in [0.29, 0.717) is 18.7 Å². The summed E-state index contributed by atoms with van der Waals surface area (Å²) in [5.41, 5.74) is 0. The Hall–Kier alpha value is -1.99. The molecule has 1 aromatic carbocycles. The molecule has 3 rings (SSSR count). The number of ether oxygens (including phenoxy) is 1. The molecule has 0 radical (unpaired) electrons. The third-order valence-corrected chi connectivity index (χ3v) is 5.59. The summed E-state index contributed by atoms with van der Waals surface area (Å²) in [6, 6.07) is 8.55. The largest absolute Gasteiger partial charge is 0.489 e. The van der Waals surface area contributed by atoms with Crippen LogP contribution in [0.2, 0.25) is 0 Å². The highest BCUT2D eigenvalue weighted by atomic mass is 32.2. The first-order chi connectivity index (χ1) is 11.1. The van der Waals surface area contributed by atoms with Gasteiger partial charge in [0, 0.05) is 18.9 Å². The van der Waals surface area contributed by atoms with Crippen LogP contribution < -0.4 is 4.74 Å². The fourth-order valence-corrected chi connectivity index (χ4v) is 4.15. The summed E-state index contributed by atoms with van der Waals surface area (Å²) in [6.07, 6.45) is 4.50. The van der Waals surface area contributed by atoms with E-state index in [1.807, 2.05) is 0 Å². The smallest absolute Gasteiger partial charge is 0.243 e. The minimum Gasteiger partial charge on any atom is -0.489 e. The lowest BCUT2D eigenvalue weighted by Gasteiger charge is -2.32. The minimum atomic E-state index is -3.71. The normalized spacial score (nSPS) is 19.4. The van der Waals surface area contributed by atoms with E-state index in [4.69, 9.17) is 4.74 Å². The first kappa shape index (κ1) is 15.9. The second-order valence-corrected chi connectivity index (χ2v) is 7.32. The molecule has 122 valence electrons. The van der Waals surface area contributed by atoms with Gasteiger partial charge in [-0.1, -0.05) is 6.07 Å². The number of hydrogen-bond acceptors (Lipinski definition) is 4. The summed E-state index contributed by atoms with van der Waals surface area (Å²) in [7, 11) is -3.71. The van der Waals surface area contributed by atoms with Crippen molar-refractivity contribution in [2.75, 3.05) is 13.1 Å². The van der Waals surface area contributed by atoms with Gasteiger partial charge in [-0.25, -0.2) is 12.8 Å². The molecule has 1 saturated heterocycles. The number of piperidine rings is 1. The van der Waals surface area contributed by atoms with E-state index in [-0.39, 0.29) is 17.5 Å². The molecule has 2 heterocycles. The summed E-state index contributed by atoms with van der Waals surface area (Å²) in [5, 5.41) is 0. The first-order valence-corrected chi connectivity index (χ1v) is 8.82. The van der Waals surface area contributed by atoms with Gasteiger partial charge in [0.25, 0.3) is 0 Å². The predicted octanol–water partition coefficient (Wildman–Crippen LogP) is 2.45. The molecule has 0 N–H and O–H groups in total. The van der Waals surface area contributed by atoms with Crippen molar-refractivity contribution >= 4 is 10.0 Å². The first-order valence-electron chi connectivity index (χ1n) is 7.38. The number of sulfonamides is 1. The van der Waals surface area contributed by atoms with Crippen LogP contribution in [-0.4, -0.2) is 36.9 Å². The molecule has 1 aliphatic heterocycles. The molecule has 2 aromatic rings. The molecule has 23 heavy (non-hydrogen) atoms. The number of aromatic nitrogens is 1. The van der Waals surface area contributed by atoms with Crippen molar-refractivity contribution in [2.24, 2.45) is 0 Å². The second-order valence-electron chi connectivity index (χ2n) is 5.39. The Morgan fingerprint density at radius 3 is 2.74 bits per heavy atom. The van der Waals surface area contributed by atoms with Crippen LogP contribution in [0, 0.1) is 5.82 Å². The van der Waals surface area contributed by atoms with E-state index < -0.39 is 15.8 Å². The second kappa shape index (κ2) is 6.64. The monoisotopic (exact) mass is 336 g/mol. The van der Waals surface area contributed by atoms with E-state index in [1.165, 1.54) is 22.5 Å². The Labute approximate surface area is 134 Å². The number of benzene rings is 1. The molecule has 1 atom stereocenters. The molecular weight excluding hydrogens is 319 g/mol. The Morgan fingerprint density at radius 2 is 2.00 bits per heavy atom. The molecule has 0 aliphatic carbocycles. The van der Waals surface area contributed by atoms with Crippen molar-refractivity contribution in [3.63, 3.8) is 0 Å². The fourth-order valence-electron chi connectivity index (χ4n) is 2.61. The zero-order chi connectivity index (χ0) is 16.3. The molecule has 1 fully saturated rings. The van der Waals surface area contributed by atoms with Crippen molar-refractivity contribution in [1.82, 2.24) is 9.29 Å². The molecule has 1 aliphatic rings. The number of nitrogens with zero attached hydrogens (tertiary/aromatic N) is 2. The Morgan fingerprint density at radius 1 is 1.22 bits per heavy atom. The van der Waals surface area contributed by atoms with Gasteiger partial charge in [-0.15, -0.1) is 0 Å². The van der Waals surface area contributed by atoms with Crippen molar-refractivity contribution in [3.8, 4) is 5.75 Å². The predicted molar refractivity (Wildman–Crippen MR) is 83.0 cm³/mol. The third kappa shape index (κ3) is 3.68. The van der Waals surface area contributed by atoms with Crippen LogP contribution in [0.3, 0.4) is 0 Å². The number of hydrogen-bond donors (Lipinski definition) is 0. The average Bonchev–Trinajstić information content (AvgIpc) is 2.56. The zero-order valence-corrected chi connectivity index (χ0v) is 13.2. The van der Waals surface area contributed by atoms with E-state index in [2.05, 4.69) is 4.98 Å². The van der Waals surface area contributed by atoms with E-state index in [1.54, 1.807) is 24.5 Å². The lowest BCUT2D eigenvalue weighted by Crippen LogP contribution is -2.44. The molecule has 0 spiro atoms. The lowest BCUT2D eigenvalue weighted by atomic mass is 10.1. The Bertz CT molecular complexity index is 768. The Balaban J connectivity index is 1.75.